The van der Waals surface area contributed by atoms with Gasteiger partial charge < -0.3 is 5.73 Å². The van der Waals surface area contributed by atoms with Crippen LogP contribution in [0.3, 0.4) is 0 Å². The summed E-state index contributed by atoms with van der Waals surface area (Å²) in [5.41, 5.74) is 5.84. The first-order valence-corrected chi connectivity index (χ1v) is 11.1. The number of benzene rings is 1. The lowest BCUT2D eigenvalue weighted by Crippen LogP contribution is -2.64. The van der Waals surface area contributed by atoms with Gasteiger partial charge in [-0.3, -0.25) is 24.2 Å². The van der Waals surface area contributed by atoms with Crippen molar-refractivity contribution in [3.8, 4) is 0 Å². The van der Waals surface area contributed by atoms with Crippen molar-refractivity contribution in [2.24, 2.45) is 5.73 Å². The number of carbonyl (C=O) groups excluding carboxylic acids is 3. The number of piperidine rings is 2. The van der Waals surface area contributed by atoms with Gasteiger partial charge in [-0.05, 0) is 63.0 Å². The average Bonchev–Trinajstić information content (AvgIpc) is 3.03. The number of hydrogen-bond acceptors (Lipinski definition) is 5. The smallest absolute Gasteiger partial charge is 0.251 e. The number of amides is 3. The maximum Gasteiger partial charge on any atom is 0.251 e. The molecular weight excluding hydrogens is 436 g/mol. The topological polar surface area (TPSA) is 87.0 Å². The van der Waals surface area contributed by atoms with Gasteiger partial charge in [0.05, 0.1) is 18.2 Å². The van der Waals surface area contributed by atoms with Crippen LogP contribution in [0.2, 0.25) is 0 Å². The Morgan fingerprint density at radius 1 is 1.00 bits per heavy atom. The van der Waals surface area contributed by atoms with Crippen LogP contribution in [-0.4, -0.2) is 65.3 Å². The van der Waals surface area contributed by atoms with Crippen LogP contribution in [0.5, 0.6) is 0 Å². The van der Waals surface area contributed by atoms with E-state index in [4.69, 9.17) is 5.73 Å². The second-order valence-corrected chi connectivity index (χ2v) is 9.16. The number of halogens is 1. The maximum atomic E-state index is 13.0. The highest BCUT2D eigenvalue weighted by Crippen LogP contribution is 2.34. The molecule has 0 aromatic heterocycles. The first-order chi connectivity index (χ1) is 13.9. The third kappa shape index (κ3) is 3.73. The number of imide groups is 1. The van der Waals surface area contributed by atoms with Gasteiger partial charge in [0, 0.05) is 17.6 Å². The van der Waals surface area contributed by atoms with E-state index in [-0.39, 0.29) is 24.1 Å². The first-order valence-electron chi connectivity index (χ1n) is 10.3. The zero-order chi connectivity index (χ0) is 20.6. The van der Waals surface area contributed by atoms with Crippen LogP contribution < -0.4 is 10.6 Å². The molecule has 1 aromatic rings. The van der Waals surface area contributed by atoms with Gasteiger partial charge in [-0.2, -0.15) is 0 Å². The SMILES string of the molecule is NC(=O)C1(N2CCCCC2)CCN([C@@H]2CC(=O)N(c3ccc(Br)cc3)C2=O)CC1. The molecule has 3 aliphatic heterocycles. The molecule has 3 heterocycles. The van der Waals surface area contributed by atoms with Gasteiger partial charge in [0.15, 0.2) is 0 Å². The van der Waals surface area contributed by atoms with Gasteiger partial charge in [-0.1, -0.05) is 22.4 Å². The van der Waals surface area contributed by atoms with Gasteiger partial charge in [0.1, 0.15) is 5.54 Å². The third-order valence-electron chi connectivity index (χ3n) is 6.69. The molecule has 156 valence electrons. The summed E-state index contributed by atoms with van der Waals surface area (Å²) in [6.07, 6.45) is 4.79. The van der Waals surface area contributed by atoms with Crippen LogP contribution in [0.4, 0.5) is 5.69 Å². The molecule has 0 saturated carbocycles. The van der Waals surface area contributed by atoms with Crippen molar-refractivity contribution in [3.63, 3.8) is 0 Å². The summed E-state index contributed by atoms with van der Waals surface area (Å²) in [6.45, 7) is 3.00. The number of hydrogen-bond donors (Lipinski definition) is 1. The van der Waals surface area contributed by atoms with E-state index in [0.717, 1.165) is 30.4 Å². The molecule has 0 radical (unpaired) electrons. The van der Waals surface area contributed by atoms with E-state index in [0.29, 0.717) is 31.6 Å². The molecule has 1 aromatic carbocycles. The van der Waals surface area contributed by atoms with E-state index in [2.05, 4.69) is 25.7 Å². The molecule has 0 unspecified atom stereocenters. The summed E-state index contributed by atoms with van der Waals surface area (Å²) < 4.78 is 0.897. The minimum atomic E-state index is -0.617. The molecule has 2 N–H and O–H groups in total. The molecule has 0 spiro atoms. The number of nitrogens with two attached hydrogens (primary N) is 1. The number of nitrogens with zero attached hydrogens (tertiary/aromatic N) is 3. The highest BCUT2D eigenvalue weighted by molar-refractivity contribution is 9.10. The minimum absolute atomic E-state index is 0.176. The standard InChI is InChI=1S/C21H27BrN4O3/c22-15-4-6-16(7-5-15)26-18(27)14-17(19(26)28)24-12-8-21(9-13-24,20(23)29)25-10-2-1-3-11-25/h4-7,17H,1-3,8-14H2,(H2,23,29)/t17-/m1/s1. The van der Waals surface area contributed by atoms with E-state index < -0.39 is 11.6 Å². The Morgan fingerprint density at radius 2 is 1.62 bits per heavy atom. The van der Waals surface area contributed by atoms with Crippen molar-refractivity contribution >= 4 is 39.3 Å². The Balaban J connectivity index is 1.47. The zero-order valence-corrected chi connectivity index (χ0v) is 18.1. The van der Waals surface area contributed by atoms with Crippen molar-refractivity contribution in [2.45, 2.75) is 50.1 Å². The molecule has 3 amide bonds. The van der Waals surface area contributed by atoms with Crippen LogP contribution in [0.1, 0.15) is 38.5 Å². The summed E-state index contributed by atoms with van der Waals surface area (Å²) in [6, 6.07) is 6.73. The number of primary amides is 1. The highest BCUT2D eigenvalue weighted by Gasteiger charge is 2.49. The van der Waals surface area contributed by atoms with Gasteiger partial charge in [-0.15, -0.1) is 0 Å². The van der Waals surface area contributed by atoms with Crippen LogP contribution >= 0.6 is 15.9 Å². The predicted octanol–water partition coefficient (Wildman–Crippen LogP) is 1.89. The molecule has 29 heavy (non-hydrogen) atoms. The summed E-state index contributed by atoms with van der Waals surface area (Å²) in [4.78, 5) is 43.7. The van der Waals surface area contributed by atoms with Crippen LogP contribution in [0, 0.1) is 0 Å². The second kappa shape index (κ2) is 8.16. The van der Waals surface area contributed by atoms with Gasteiger partial charge >= 0.3 is 0 Å². The fourth-order valence-corrected chi connectivity index (χ4v) is 5.27. The quantitative estimate of drug-likeness (QED) is 0.690. The Kier molecular flexibility index (Phi) is 5.77. The zero-order valence-electron chi connectivity index (χ0n) is 16.5. The van der Waals surface area contributed by atoms with E-state index >= 15 is 0 Å². The second-order valence-electron chi connectivity index (χ2n) is 8.24. The molecule has 7 nitrogen and oxygen atoms in total. The van der Waals surface area contributed by atoms with Crippen molar-refractivity contribution in [2.75, 3.05) is 31.1 Å². The molecule has 3 fully saturated rings. The summed E-state index contributed by atoms with van der Waals surface area (Å²) in [7, 11) is 0. The van der Waals surface area contributed by atoms with E-state index in [1.54, 1.807) is 12.1 Å². The van der Waals surface area contributed by atoms with Gasteiger partial charge in [0.25, 0.3) is 5.91 Å². The monoisotopic (exact) mass is 462 g/mol. The molecule has 4 rings (SSSR count). The molecule has 0 bridgehead atoms. The van der Waals surface area contributed by atoms with Crippen LogP contribution in [0.15, 0.2) is 28.7 Å². The summed E-state index contributed by atoms with van der Waals surface area (Å²) in [5, 5.41) is 0. The largest absolute Gasteiger partial charge is 0.368 e. The predicted molar refractivity (Wildman–Crippen MR) is 113 cm³/mol. The summed E-state index contributed by atoms with van der Waals surface area (Å²) in [5.74, 6) is -0.615. The first kappa shape index (κ1) is 20.5. The summed E-state index contributed by atoms with van der Waals surface area (Å²) >= 11 is 3.38. The lowest BCUT2D eigenvalue weighted by Gasteiger charge is -2.48. The van der Waals surface area contributed by atoms with Crippen molar-refractivity contribution < 1.29 is 14.4 Å². The Hall–Kier alpha value is -1.77. The van der Waals surface area contributed by atoms with E-state index in [9.17, 15) is 14.4 Å². The van der Waals surface area contributed by atoms with E-state index in [1.807, 2.05) is 12.1 Å². The van der Waals surface area contributed by atoms with Crippen molar-refractivity contribution in [1.29, 1.82) is 0 Å². The van der Waals surface area contributed by atoms with Gasteiger partial charge in [0.2, 0.25) is 11.8 Å². The third-order valence-corrected chi connectivity index (χ3v) is 7.22. The average molecular weight is 463 g/mol. The highest BCUT2D eigenvalue weighted by atomic mass is 79.9. The Bertz CT molecular complexity index is 799. The number of anilines is 1. The lowest BCUT2D eigenvalue weighted by molar-refractivity contribution is -0.136. The molecular formula is C21H27BrN4O3. The maximum absolute atomic E-state index is 13.0. The number of rotatable bonds is 4. The molecule has 3 aliphatic rings. The normalized spacial score (nSPS) is 26.1. The molecule has 1 atom stereocenters. The van der Waals surface area contributed by atoms with Crippen molar-refractivity contribution in [3.05, 3.63) is 28.7 Å². The Labute approximate surface area is 179 Å². The van der Waals surface area contributed by atoms with Crippen LogP contribution in [0.25, 0.3) is 0 Å². The molecule has 3 saturated heterocycles. The fraction of sp³-hybridized carbons (Fsp3) is 0.571. The minimum Gasteiger partial charge on any atom is -0.368 e. The number of carbonyl (C=O) groups is 3. The van der Waals surface area contributed by atoms with E-state index in [1.165, 1.54) is 11.3 Å². The Morgan fingerprint density at radius 3 is 2.21 bits per heavy atom. The number of likely N-dealkylation sites (tertiary alicyclic amines) is 2. The van der Waals surface area contributed by atoms with Crippen molar-refractivity contribution in [1.82, 2.24) is 9.80 Å². The lowest BCUT2D eigenvalue weighted by atomic mass is 9.83. The van der Waals surface area contributed by atoms with Gasteiger partial charge in [-0.25, -0.2) is 4.90 Å². The molecule has 0 aliphatic carbocycles. The fourth-order valence-electron chi connectivity index (χ4n) is 5.01. The van der Waals surface area contributed by atoms with Crippen LogP contribution in [-0.2, 0) is 14.4 Å². The molecule has 8 heteroatoms.